The minimum Gasteiger partial charge on any atom is -0.381 e. The predicted molar refractivity (Wildman–Crippen MR) is 71.5 cm³/mol. The molecule has 18 heavy (non-hydrogen) atoms. The fourth-order valence-electron chi connectivity index (χ4n) is 1.71. The minimum absolute atomic E-state index is 0.0100. The molecule has 0 atom stereocenters. The zero-order valence-electron chi connectivity index (χ0n) is 11.2. The summed E-state index contributed by atoms with van der Waals surface area (Å²) in [5.74, 6) is 0.0100. The number of hydrogen-bond acceptors (Lipinski definition) is 4. The lowest BCUT2D eigenvalue weighted by Gasteiger charge is -2.33. The van der Waals surface area contributed by atoms with E-state index in [9.17, 15) is 8.42 Å². The first-order chi connectivity index (χ1) is 8.12. The Kier molecular flexibility index (Phi) is 3.87. The van der Waals surface area contributed by atoms with Gasteiger partial charge in [0.05, 0.1) is 6.33 Å². The molecule has 0 bridgehead atoms. The Hall–Kier alpha value is -1.34. The Morgan fingerprint density at radius 2 is 2.11 bits per heavy atom. The molecule has 0 aromatic carbocycles. The van der Waals surface area contributed by atoms with E-state index >= 15 is 0 Å². The Bertz CT molecular complexity index is 520. The quantitative estimate of drug-likeness (QED) is 0.828. The van der Waals surface area contributed by atoms with Gasteiger partial charge in [-0.05, 0) is 20.8 Å². The van der Waals surface area contributed by atoms with Gasteiger partial charge in [-0.25, -0.2) is 13.4 Å². The Morgan fingerprint density at radius 3 is 2.44 bits per heavy atom. The van der Waals surface area contributed by atoms with Gasteiger partial charge < -0.3 is 10.3 Å². The Balaban J connectivity index is 3.40. The molecular weight excluding hydrogens is 252 g/mol. The second kappa shape index (κ2) is 4.74. The summed E-state index contributed by atoms with van der Waals surface area (Å²) in [5.41, 5.74) is 5.08. The Labute approximate surface area is 108 Å². The number of nitrogen functional groups attached to an aromatic ring is 1. The van der Waals surface area contributed by atoms with Gasteiger partial charge in [-0.1, -0.05) is 6.08 Å². The van der Waals surface area contributed by atoms with E-state index in [4.69, 9.17) is 5.73 Å². The predicted octanol–water partition coefficient (Wildman–Crippen LogP) is 0.977. The molecule has 0 unspecified atom stereocenters. The summed E-state index contributed by atoms with van der Waals surface area (Å²) in [6.45, 7) is 9.27. The maximum Gasteiger partial charge on any atom is 0.263 e. The molecule has 1 heterocycles. The van der Waals surface area contributed by atoms with Crippen LogP contribution >= 0.6 is 0 Å². The highest BCUT2D eigenvalue weighted by atomic mass is 32.2. The molecule has 2 N–H and O–H groups in total. The standard InChI is InChI=1S/C11H20N4O2S/c1-6-7-15(11(2,3)4)18(16,17)10-9(12)13-8-14(10)5/h6,8H,1,7,12H2,2-5H3. The number of aryl methyl sites for hydroxylation is 1. The molecular formula is C11H20N4O2S. The van der Waals surface area contributed by atoms with Crippen molar-refractivity contribution >= 4 is 15.8 Å². The van der Waals surface area contributed by atoms with Crippen LogP contribution < -0.4 is 5.73 Å². The number of imidazole rings is 1. The molecule has 1 rings (SSSR count). The number of aromatic nitrogens is 2. The van der Waals surface area contributed by atoms with Crippen LogP contribution in [-0.2, 0) is 17.1 Å². The highest BCUT2D eigenvalue weighted by molar-refractivity contribution is 7.89. The third kappa shape index (κ3) is 2.56. The van der Waals surface area contributed by atoms with Crippen LogP contribution in [0, 0.1) is 0 Å². The van der Waals surface area contributed by atoms with E-state index in [0.29, 0.717) is 0 Å². The number of nitrogens with two attached hydrogens (primary N) is 1. The van der Waals surface area contributed by atoms with Crippen molar-refractivity contribution in [2.24, 2.45) is 7.05 Å². The van der Waals surface area contributed by atoms with Crippen molar-refractivity contribution in [1.82, 2.24) is 13.9 Å². The molecule has 0 aliphatic heterocycles. The maximum atomic E-state index is 12.6. The molecule has 1 aromatic rings. The van der Waals surface area contributed by atoms with E-state index < -0.39 is 15.6 Å². The van der Waals surface area contributed by atoms with Crippen molar-refractivity contribution in [2.75, 3.05) is 12.3 Å². The van der Waals surface area contributed by atoms with Gasteiger partial charge in [0.2, 0.25) is 0 Å². The van der Waals surface area contributed by atoms with Crippen molar-refractivity contribution < 1.29 is 8.42 Å². The molecule has 0 spiro atoms. The van der Waals surface area contributed by atoms with Gasteiger partial charge in [-0.3, -0.25) is 0 Å². The van der Waals surface area contributed by atoms with Gasteiger partial charge in [-0.15, -0.1) is 6.58 Å². The number of rotatable bonds is 4. The van der Waals surface area contributed by atoms with E-state index in [1.165, 1.54) is 15.2 Å². The van der Waals surface area contributed by atoms with E-state index in [1.54, 1.807) is 13.1 Å². The van der Waals surface area contributed by atoms with Gasteiger partial charge in [-0.2, -0.15) is 4.31 Å². The van der Waals surface area contributed by atoms with Gasteiger partial charge in [0.25, 0.3) is 10.0 Å². The first-order valence-corrected chi connectivity index (χ1v) is 6.97. The van der Waals surface area contributed by atoms with Crippen LogP contribution in [0.3, 0.4) is 0 Å². The number of sulfonamides is 1. The van der Waals surface area contributed by atoms with Crippen LogP contribution in [0.25, 0.3) is 0 Å². The summed E-state index contributed by atoms with van der Waals surface area (Å²) in [6.07, 6.45) is 2.94. The summed E-state index contributed by atoms with van der Waals surface area (Å²) < 4.78 is 28.0. The molecule has 0 saturated carbocycles. The second-order valence-corrected chi connectivity index (χ2v) is 6.82. The Morgan fingerprint density at radius 1 is 1.56 bits per heavy atom. The summed E-state index contributed by atoms with van der Waals surface area (Å²) in [7, 11) is -2.10. The zero-order chi connectivity index (χ0) is 14.1. The molecule has 0 amide bonds. The van der Waals surface area contributed by atoms with Crippen molar-refractivity contribution in [1.29, 1.82) is 0 Å². The average molecular weight is 272 g/mol. The molecule has 0 fully saturated rings. The normalized spacial score (nSPS) is 12.9. The van der Waals surface area contributed by atoms with Crippen molar-refractivity contribution in [3.63, 3.8) is 0 Å². The fraction of sp³-hybridized carbons (Fsp3) is 0.545. The van der Waals surface area contributed by atoms with E-state index in [1.807, 2.05) is 20.8 Å². The zero-order valence-corrected chi connectivity index (χ0v) is 12.0. The van der Waals surface area contributed by atoms with E-state index in [0.717, 1.165) is 0 Å². The van der Waals surface area contributed by atoms with Crippen molar-refractivity contribution in [3.05, 3.63) is 19.0 Å². The van der Waals surface area contributed by atoms with Crippen LogP contribution in [0.4, 0.5) is 5.82 Å². The summed E-state index contributed by atoms with van der Waals surface area (Å²) >= 11 is 0. The van der Waals surface area contributed by atoms with Crippen LogP contribution in [0.2, 0.25) is 0 Å². The number of hydrogen-bond donors (Lipinski definition) is 1. The molecule has 0 saturated heterocycles. The summed E-state index contributed by atoms with van der Waals surface area (Å²) in [6, 6.07) is 0. The third-order valence-electron chi connectivity index (χ3n) is 2.49. The van der Waals surface area contributed by atoms with Gasteiger partial charge >= 0.3 is 0 Å². The monoisotopic (exact) mass is 272 g/mol. The van der Waals surface area contributed by atoms with Crippen molar-refractivity contribution in [3.8, 4) is 0 Å². The minimum atomic E-state index is -3.70. The molecule has 7 heteroatoms. The largest absolute Gasteiger partial charge is 0.381 e. The smallest absolute Gasteiger partial charge is 0.263 e. The highest BCUT2D eigenvalue weighted by Gasteiger charge is 2.36. The number of nitrogens with zero attached hydrogens (tertiary/aromatic N) is 3. The van der Waals surface area contributed by atoms with E-state index in [-0.39, 0.29) is 17.4 Å². The SMILES string of the molecule is C=CCN(C(C)(C)C)S(=O)(=O)c1c(N)ncn1C. The lowest BCUT2D eigenvalue weighted by atomic mass is 10.1. The lowest BCUT2D eigenvalue weighted by molar-refractivity contribution is 0.268. The molecule has 0 radical (unpaired) electrons. The molecule has 6 nitrogen and oxygen atoms in total. The van der Waals surface area contributed by atoms with Crippen LogP contribution in [0.1, 0.15) is 20.8 Å². The van der Waals surface area contributed by atoms with Gasteiger partial charge in [0.15, 0.2) is 10.8 Å². The van der Waals surface area contributed by atoms with Gasteiger partial charge in [0.1, 0.15) is 0 Å². The molecule has 1 aromatic heterocycles. The first-order valence-electron chi connectivity index (χ1n) is 5.53. The summed E-state index contributed by atoms with van der Waals surface area (Å²) in [5, 5.41) is 0.0132. The van der Waals surface area contributed by atoms with E-state index in [2.05, 4.69) is 11.6 Å². The topological polar surface area (TPSA) is 81.2 Å². The maximum absolute atomic E-state index is 12.6. The second-order valence-electron chi connectivity index (χ2n) is 5.04. The lowest BCUT2D eigenvalue weighted by Crippen LogP contribution is -2.46. The van der Waals surface area contributed by atoms with Crippen molar-refractivity contribution in [2.45, 2.75) is 31.3 Å². The fourth-order valence-corrected chi connectivity index (χ4v) is 3.66. The molecule has 0 aliphatic carbocycles. The molecule has 102 valence electrons. The average Bonchev–Trinajstić information content (AvgIpc) is 2.53. The van der Waals surface area contributed by atoms with Gasteiger partial charge in [0, 0.05) is 19.1 Å². The van der Waals surface area contributed by atoms with Crippen LogP contribution in [0.15, 0.2) is 24.0 Å². The summed E-state index contributed by atoms with van der Waals surface area (Å²) in [4.78, 5) is 3.82. The third-order valence-corrected chi connectivity index (χ3v) is 4.75. The van der Waals surface area contributed by atoms with Crippen LogP contribution in [0.5, 0.6) is 0 Å². The van der Waals surface area contributed by atoms with Crippen LogP contribution in [-0.4, -0.2) is 34.4 Å². The molecule has 0 aliphatic rings. The first kappa shape index (κ1) is 14.7. The highest BCUT2D eigenvalue weighted by Crippen LogP contribution is 2.26. The number of anilines is 1.